The number of benzene rings is 1. The zero-order valence-corrected chi connectivity index (χ0v) is 19.0. The van der Waals surface area contributed by atoms with Gasteiger partial charge in [0.2, 0.25) is 0 Å². The summed E-state index contributed by atoms with van der Waals surface area (Å²) in [5, 5.41) is 14.4. The predicted molar refractivity (Wildman–Crippen MR) is 123 cm³/mol. The summed E-state index contributed by atoms with van der Waals surface area (Å²) in [6.45, 7) is 12.7. The molecule has 1 heterocycles. The molecule has 2 N–H and O–H groups in total. The van der Waals surface area contributed by atoms with Crippen LogP contribution in [0.4, 0.5) is 0 Å². The van der Waals surface area contributed by atoms with Gasteiger partial charge in [-0.05, 0) is 57.1 Å². The number of ether oxygens (including phenoxy) is 1. The molecule has 0 bridgehead atoms. The van der Waals surface area contributed by atoms with E-state index in [2.05, 4.69) is 66.7 Å². The van der Waals surface area contributed by atoms with E-state index in [1.807, 2.05) is 4.57 Å². The molecule has 0 saturated heterocycles. The highest BCUT2D eigenvalue weighted by molar-refractivity contribution is 5.79. The number of hydrogen-bond acceptors (Lipinski definition) is 4. The van der Waals surface area contributed by atoms with E-state index in [0.29, 0.717) is 12.5 Å². The van der Waals surface area contributed by atoms with Gasteiger partial charge in [0.1, 0.15) is 18.4 Å². The minimum atomic E-state index is 0.593. The summed E-state index contributed by atoms with van der Waals surface area (Å²) >= 11 is 0. The van der Waals surface area contributed by atoms with Crippen molar-refractivity contribution in [1.29, 1.82) is 0 Å². The maximum atomic E-state index is 6.09. The molecule has 2 rings (SSSR count). The molecule has 0 unspecified atom stereocenters. The third kappa shape index (κ3) is 9.29. The zero-order chi connectivity index (χ0) is 21.6. The topological polar surface area (TPSA) is 76.4 Å². The van der Waals surface area contributed by atoms with Crippen LogP contribution in [0.1, 0.15) is 57.6 Å². The summed E-state index contributed by atoms with van der Waals surface area (Å²) in [4.78, 5) is 4.77. The molecule has 7 heteroatoms. The number of unbranched alkanes of at least 4 members (excludes halogenated alkanes) is 1. The van der Waals surface area contributed by atoms with Crippen molar-refractivity contribution in [1.82, 2.24) is 25.4 Å². The van der Waals surface area contributed by atoms with E-state index in [-0.39, 0.29) is 0 Å². The van der Waals surface area contributed by atoms with Gasteiger partial charge in [-0.3, -0.25) is 0 Å². The fraction of sp³-hybridized carbons (Fsp3) is 0.609. The quantitative estimate of drug-likeness (QED) is 0.295. The van der Waals surface area contributed by atoms with Crippen molar-refractivity contribution in [2.75, 3.05) is 19.7 Å². The second-order valence-corrected chi connectivity index (χ2v) is 8.02. The van der Waals surface area contributed by atoms with Crippen molar-refractivity contribution in [2.45, 2.75) is 66.5 Å². The summed E-state index contributed by atoms with van der Waals surface area (Å²) in [6.07, 6.45) is 7.89. The lowest BCUT2D eigenvalue weighted by Gasteiger charge is -2.14. The first kappa shape index (κ1) is 23.7. The fourth-order valence-electron chi connectivity index (χ4n) is 3.07. The van der Waals surface area contributed by atoms with E-state index in [0.717, 1.165) is 62.8 Å². The number of rotatable bonds is 13. The minimum absolute atomic E-state index is 0.593. The monoisotopic (exact) mass is 414 g/mol. The molecule has 0 saturated carbocycles. The molecule has 30 heavy (non-hydrogen) atoms. The van der Waals surface area contributed by atoms with Crippen LogP contribution in [0.5, 0.6) is 5.75 Å². The van der Waals surface area contributed by atoms with Gasteiger partial charge >= 0.3 is 0 Å². The smallest absolute Gasteiger partial charge is 0.191 e. The first-order valence-corrected chi connectivity index (χ1v) is 11.2. The highest BCUT2D eigenvalue weighted by Crippen LogP contribution is 2.22. The molecule has 1 aromatic heterocycles. The normalized spacial score (nSPS) is 11.7. The summed E-state index contributed by atoms with van der Waals surface area (Å²) in [5.74, 6) is 2.50. The third-order valence-electron chi connectivity index (χ3n) is 4.76. The molecule has 1 aromatic carbocycles. The maximum Gasteiger partial charge on any atom is 0.191 e. The summed E-state index contributed by atoms with van der Waals surface area (Å²) in [7, 11) is 0. The molecule has 0 spiro atoms. The maximum absolute atomic E-state index is 6.09. The highest BCUT2D eigenvalue weighted by atomic mass is 16.5. The highest BCUT2D eigenvalue weighted by Gasteiger charge is 2.06. The molecule has 7 nitrogen and oxygen atoms in total. The number of aliphatic imine (C=N–C) groups is 1. The predicted octanol–water partition coefficient (Wildman–Crippen LogP) is 3.94. The lowest BCUT2D eigenvalue weighted by molar-refractivity contribution is 0.295. The number of hydrogen-bond donors (Lipinski definition) is 2. The van der Waals surface area contributed by atoms with Crippen LogP contribution in [0, 0.1) is 12.8 Å². The van der Waals surface area contributed by atoms with Crippen molar-refractivity contribution in [3.8, 4) is 5.75 Å². The van der Waals surface area contributed by atoms with Gasteiger partial charge in [-0.1, -0.05) is 26.0 Å². The van der Waals surface area contributed by atoms with Crippen LogP contribution in [-0.2, 0) is 13.1 Å². The molecule has 0 aliphatic heterocycles. The van der Waals surface area contributed by atoms with Gasteiger partial charge in [0, 0.05) is 25.2 Å². The third-order valence-corrected chi connectivity index (χ3v) is 4.76. The second kappa shape index (κ2) is 13.6. The molecule has 2 aromatic rings. The SMILES string of the molecule is CCNC(=NCc1ccc(C)cc1OCCCC(C)C)NCCCCn1cnnc1. The van der Waals surface area contributed by atoms with Crippen molar-refractivity contribution in [3.63, 3.8) is 0 Å². The van der Waals surface area contributed by atoms with Crippen LogP contribution in [0.25, 0.3) is 0 Å². The number of nitrogens with one attached hydrogen (secondary N) is 2. The van der Waals surface area contributed by atoms with E-state index >= 15 is 0 Å². The van der Waals surface area contributed by atoms with Crippen LogP contribution in [-0.4, -0.2) is 40.4 Å². The first-order valence-electron chi connectivity index (χ1n) is 11.2. The van der Waals surface area contributed by atoms with E-state index < -0.39 is 0 Å². The molecular weight excluding hydrogens is 376 g/mol. The average molecular weight is 415 g/mol. The van der Waals surface area contributed by atoms with Gasteiger partial charge in [-0.15, -0.1) is 10.2 Å². The van der Waals surface area contributed by atoms with Crippen LogP contribution in [0.2, 0.25) is 0 Å². The van der Waals surface area contributed by atoms with E-state index in [1.165, 1.54) is 12.0 Å². The van der Waals surface area contributed by atoms with Gasteiger partial charge in [0.15, 0.2) is 5.96 Å². The minimum Gasteiger partial charge on any atom is -0.493 e. The Balaban J connectivity index is 1.84. The van der Waals surface area contributed by atoms with Crippen molar-refractivity contribution in [2.24, 2.45) is 10.9 Å². The van der Waals surface area contributed by atoms with Crippen molar-refractivity contribution < 1.29 is 4.74 Å². The fourth-order valence-corrected chi connectivity index (χ4v) is 3.07. The molecule has 0 aliphatic carbocycles. The lowest BCUT2D eigenvalue weighted by atomic mass is 10.1. The number of aromatic nitrogens is 3. The van der Waals surface area contributed by atoms with Crippen LogP contribution in [0.3, 0.4) is 0 Å². The molecule has 0 amide bonds. The van der Waals surface area contributed by atoms with Gasteiger partial charge in [0.25, 0.3) is 0 Å². The van der Waals surface area contributed by atoms with Gasteiger partial charge < -0.3 is 19.9 Å². The van der Waals surface area contributed by atoms with Gasteiger partial charge in [0.05, 0.1) is 13.2 Å². The Morgan fingerprint density at radius 1 is 1.13 bits per heavy atom. The largest absolute Gasteiger partial charge is 0.493 e. The Morgan fingerprint density at radius 3 is 2.67 bits per heavy atom. The Morgan fingerprint density at radius 2 is 1.93 bits per heavy atom. The Kier molecular flexibility index (Phi) is 10.8. The molecule has 0 radical (unpaired) electrons. The number of nitrogens with zero attached hydrogens (tertiary/aromatic N) is 4. The number of aryl methyl sites for hydroxylation is 2. The van der Waals surface area contributed by atoms with E-state index in [1.54, 1.807) is 12.7 Å². The first-order chi connectivity index (χ1) is 14.6. The lowest BCUT2D eigenvalue weighted by Crippen LogP contribution is -2.37. The van der Waals surface area contributed by atoms with Gasteiger partial charge in [-0.25, -0.2) is 4.99 Å². The Bertz CT molecular complexity index is 742. The Hall–Kier alpha value is -2.57. The zero-order valence-electron chi connectivity index (χ0n) is 19.0. The molecule has 0 fully saturated rings. The van der Waals surface area contributed by atoms with E-state index in [4.69, 9.17) is 9.73 Å². The summed E-state index contributed by atoms with van der Waals surface area (Å²) < 4.78 is 8.09. The number of guanidine groups is 1. The average Bonchev–Trinajstić information content (AvgIpc) is 3.23. The summed E-state index contributed by atoms with van der Waals surface area (Å²) in [5.41, 5.74) is 2.33. The standard InChI is InChI=1S/C23H38N6O/c1-5-24-23(25-12-6-7-13-29-17-27-28-18-29)26-16-21-11-10-20(4)15-22(21)30-14-8-9-19(2)3/h10-11,15,17-19H,5-9,12-14,16H2,1-4H3,(H2,24,25,26). The van der Waals surface area contributed by atoms with Crippen LogP contribution >= 0.6 is 0 Å². The van der Waals surface area contributed by atoms with Crippen molar-refractivity contribution >= 4 is 5.96 Å². The Labute approximate surface area is 181 Å². The second-order valence-electron chi connectivity index (χ2n) is 8.02. The van der Waals surface area contributed by atoms with Gasteiger partial charge in [-0.2, -0.15) is 0 Å². The van der Waals surface area contributed by atoms with E-state index in [9.17, 15) is 0 Å². The summed E-state index contributed by atoms with van der Waals surface area (Å²) in [6, 6.07) is 6.36. The molecule has 0 aliphatic rings. The van der Waals surface area contributed by atoms with Crippen LogP contribution < -0.4 is 15.4 Å². The molecule has 0 atom stereocenters. The molecule has 166 valence electrons. The van der Waals surface area contributed by atoms with Crippen LogP contribution in [0.15, 0.2) is 35.8 Å². The molecular formula is C23H38N6O. The van der Waals surface area contributed by atoms with Crippen molar-refractivity contribution in [3.05, 3.63) is 42.0 Å².